The summed E-state index contributed by atoms with van der Waals surface area (Å²) < 4.78 is 34.0. The predicted octanol–water partition coefficient (Wildman–Crippen LogP) is 9.57. The van der Waals surface area contributed by atoms with Crippen LogP contribution in [0.5, 0.6) is 0 Å². The van der Waals surface area contributed by atoms with Gasteiger partial charge in [-0.15, -0.1) is 0 Å². The fraction of sp³-hybridized carbons (Fsp3) is 0.737. The fourth-order valence-corrected chi connectivity index (χ4v) is 5.21. The Morgan fingerprint density at radius 2 is 1.19 bits per heavy atom. The monoisotopic (exact) mass is 698 g/mol. The highest BCUT2D eigenvalue weighted by atomic mass is 31.2. The molecule has 0 aliphatic heterocycles. The number of phosphoric ester groups is 1. The zero-order valence-electron chi connectivity index (χ0n) is 31.0. The van der Waals surface area contributed by atoms with E-state index in [9.17, 15) is 19.0 Å². The number of phosphoric acid groups is 1. The van der Waals surface area contributed by atoms with Gasteiger partial charge in [0.1, 0.15) is 19.8 Å². The third-order valence-electron chi connectivity index (χ3n) is 7.37. The number of unbranched alkanes of at least 4 members (excludes halogenated alkanes) is 10. The minimum Gasteiger partial charge on any atom is -0.462 e. The van der Waals surface area contributed by atoms with Gasteiger partial charge in [0.15, 0.2) is 6.10 Å². The molecule has 0 rings (SSSR count). The molecule has 0 aromatic carbocycles. The van der Waals surface area contributed by atoms with Crippen LogP contribution in [0.4, 0.5) is 0 Å². The highest BCUT2D eigenvalue weighted by molar-refractivity contribution is 7.47. The van der Waals surface area contributed by atoms with Gasteiger partial charge in [-0.25, -0.2) is 4.57 Å². The van der Waals surface area contributed by atoms with Crippen LogP contribution < -0.4 is 0 Å². The van der Waals surface area contributed by atoms with Crippen LogP contribution in [0.3, 0.4) is 0 Å². The van der Waals surface area contributed by atoms with Gasteiger partial charge in [0.25, 0.3) is 0 Å². The minimum absolute atomic E-state index is 0.0226. The van der Waals surface area contributed by atoms with Crippen LogP contribution >= 0.6 is 7.82 Å². The molecule has 0 amide bonds. The average molecular weight is 699 g/mol. The van der Waals surface area contributed by atoms with Gasteiger partial charge in [-0.2, -0.15) is 0 Å². The summed E-state index contributed by atoms with van der Waals surface area (Å²) in [7, 11) is 1.44. The summed E-state index contributed by atoms with van der Waals surface area (Å²) in [5.74, 6) is -0.856. The smallest absolute Gasteiger partial charge is 0.462 e. The normalized spacial score (nSPS) is 14.4. The molecule has 278 valence electrons. The van der Waals surface area contributed by atoms with Crippen LogP contribution in [-0.4, -0.2) is 74.9 Å². The van der Waals surface area contributed by atoms with Crippen LogP contribution in [0.2, 0.25) is 0 Å². The number of likely N-dealkylation sites (N-methyl/N-ethyl adjacent to an activating group) is 1. The standard InChI is InChI=1S/C38H68NO8P/c1-6-8-10-12-14-16-17-18-19-20-21-23-25-27-29-31-38(41)47-36(35-46-48(42,43)45-33-32-39(3,4)5)34-44-37(40)30-28-26-24-22-15-13-11-9-7-2/h8,10,14,16,18-19,21,23,36H,6-7,9,11-13,15,17,20,22,24-35H2,1-5H3/p+1/b10-8+,16-14+,19-18+,23-21+/t36-/m1/s1. The number of carbonyl (C=O) groups is 2. The lowest BCUT2D eigenvalue weighted by Crippen LogP contribution is -2.37. The first-order valence-corrected chi connectivity index (χ1v) is 19.9. The maximum absolute atomic E-state index is 12.6. The molecule has 1 N–H and O–H groups in total. The summed E-state index contributed by atoms with van der Waals surface area (Å²) in [6, 6.07) is 0. The van der Waals surface area contributed by atoms with E-state index in [1.54, 1.807) is 0 Å². The highest BCUT2D eigenvalue weighted by Crippen LogP contribution is 2.43. The minimum atomic E-state index is -4.37. The van der Waals surface area contributed by atoms with E-state index in [1.807, 2.05) is 21.1 Å². The summed E-state index contributed by atoms with van der Waals surface area (Å²) in [4.78, 5) is 35.0. The van der Waals surface area contributed by atoms with Gasteiger partial charge in [0.2, 0.25) is 0 Å². The van der Waals surface area contributed by atoms with Gasteiger partial charge in [0, 0.05) is 12.8 Å². The predicted molar refractivity (Wildman–Crippen MR) is 196 cm³/mol. The van der Waals surface area contributed by atoms with Gasteiger partial charge in [0.05, 0.1) is 27.7 Å². The van der Waals surface area contributed by atoms with Crippen molar-refractivity contribution in [2.45, 2.75) is 136 Å². The second kappa shape index (κ2) is 31.0. The van der Waals surface area contributed by atoms with E-state index < -0.39 is 26.5 Å². The van der Waals surface area contributed by atoms with E-state index in [-0.39, 0.29) is 32.0 Å². The lowest BCUT2D eigenvalue weighted by Gasteiger charge is -2.24. The van der Waals surface area contributed by atoms with Crippen molar-refractivity contribution in [1.82, 2.24) is 0 Å². The molecular formula is C38H69NO8P+. The van der Waals surface area contributed by atoms with Crippen molar-refractivity contribution in [2.24, 2.45) is 0 Å². The number of esters is 2. The number of rotatable bonds is 32. The Kier molecular flexibility index (Phi) is 29.7. The highest BCUT2D eigenvalue weighted by Gasteiger charge is 2.27. The van der Waals surface area contributed by atoms with Crippen molar-refractivity contribution < 1.29 is 42.1 Å². The zero-order chi connectivity index (χ0) is 35.8. The van der Waals surface area contributed by atoms with E-state index in [4.69, 9.17) is 18.5 Å². The molecule has 0 aromatic heterocycles. The number of ether oxygens (including phenoxy) is 2. The molecule has 0 aliphatic carbocycles. The largest absolute Gasteiger partial charge is 0.472 e. The first kappa shape index (κ1) is 46.0. The Morgan fingerprint density at radius 3 is 1.77 bits per heavy atom. The Bertz CT molecular complexity index is 970. The molecule has 0 saturated carbocycles. The lowest BCUT2D eigenvalue weighted by atomic mass is 10.1. The number of nitrogens with zero attached hydrogens (tertiary/aromatic N) is 1. The van der Waals surface area contributed by atoms with Crippen LogP contribution in [0.15, 0.2) is 48.6 Å². The summed E-state index contributed by atoms with van der Waals surface area (Å²) in [6.07, 6.45) is 33.1. The van der Waals surface area contributed by atoms with Crippen LogP contribution in [0.25, 0.3) is 0 Å². The molecule has 0 bridgehead atoms. The van der Waals surface area contributed by atoms with Crippen molar-refractivity contribution in [1.29, 1.82) is 0 Å². The second-order valence-corrected chi connectivity index (χ2v) is 14.7. The van der Waals surface area contributed by atoms with Crippen LogP contribution in [0.1, 0.15) is 129 Å². The van der Waals surface area contributed by atoms with Crippen molar-refractivity contribution in [3.8, 4) is 0 Å². The van der Waals surface area contributed by atoms with Crippen molar-refractivity contribution in [3.05, 3.63) is 48.6 Å². The summed E-state index contributed by atoms with van der Waals surface area (Å²) in [5, 5.41) is 0. The number of hydrogen-bond donors (Lipinski definition) is 1. The summed E-state index contributed by atoms with van der Waals surface area (Å²) in [6.45, 7) is 4.20. The summed E-state index contributed by atoms with van der Waals surface area (Å²) in [5.41, 5.74) is 0. The van der Waals surface area contributed by atoms with Crippen molar-refractivity contribution in [2.75, 3.05) is 47.5 Å². The molecule has 0 fully saturated rings. The quantitative estimate of drug-likeness (QED) is 0.0243. The molecule has 1 unspecified atom stereocenters. The average Bonchev–Trinajstić information content (AvgIpc) is 3.02. The molecule has 0 saturated heterocycles. The van der Waals surface area contributed by atoms with Crippen molar-refractivity contribution >= 4 is 19.8 Å². The van der Waals surface area contributed by atoms with Gasteiger partial charge in [-0.3, -0.25) is 18.6 Å². The summed E-state index contributed by atoms with van der Waals surface area (Å²) >= 11 is 0. The van der Waals surface area contributed by atoms with Crippen LogP contribution in [-0.2, 0) is 32.7 Å². The molecule has 2 atom stereocenters. The maximum atomic E-state index is 12.6. The molecule has 48 heavy (non-hydrogen) atoms. The molecule has 10 heteroatoms. The molecule has 9 nitrogen and oxygen atoms in total. The number of allylic oxidation sites excluding steroid dienone is 8. The van der Waals surface area contributed by atoms with Gasteiger partial charge < -0.3 is 18.9 Å². The molecule has 0 spiro atoms. The third-order valence-corrected chi connectivity index (χ3v) is 8.36. The number of carbonyl (C=O) groups excluding carboxylic acids is 2. The Morgan fingerprint density at radius 1 is 0.667 bits per heavy atom. The van der Waals surface area contributed by atoms with Gasteiger partial charge in [-0.1, -0.05) is 114 Å². The van der Waals surface area contributed by atoms with Gasteiger partial charge in [-0.05, 0) is 51.4 Å². The van der Waals surface area contributed by atoms with E-state index >= 15 is 0 Å². The first-order valence-electron chi connectivity index (χ1n) is 18.4. The number of quaternary nitrogens is 1. The van der Waals surface area contributed by atoms with E-state index in [2.05, 4.69) is 62.5 Å². The zero-order valence-corrected chi connectivity index (χ0v) is 31.8. The molecular weight excluding hydrogens is 629 g/mol. The van der Waals surface area contributed by atoms with E-state index in [0.717, 1.165) is 57.8 Å². The fourth-order valence-electron chi connectivity index (χ4n) is 4.47. The maximum Gasteiger partial charge on any atom is 0.472 e. The molecule has 0 radical (unpaired) electrons. The third kappa shape index (κ3) is 33.9. The second-order valence-electron chi connectivity index (χ2n) is 13.2. The Labute approximate surface area is 293 Å². The first-order chi connectivity index (χ1) is 23.0. The van der Waals surface area contributed by atoms with Gasteiger partial charge >= 0.3 is 19.8 Å². The van der Waals surface area contributed by atoms with Crippen molar-refractivity contribution in [3.63, 3.8) is 0 Å². The van der Waals surface area contributed by atoms with E-state index in [1.165, 1.54) is 38.5 Å². The lowest BCUT2D eigenvalue weighted by molar-refractivity contribution is -0.870. The Hall–Kier alpha value is -2.03. The SMILES string of the molecule is CC/C=C/C/C=C/C/C=C/C/C=C/CCCCC(=O)O[C@H](COC(=O)CCCCCCCCCCC)COP(=O)(O)OCC[N+](C)(C)C. The number of hydrogen-bond acceptors (Lipinski definition) is 7. The topological polar surface area (TPSA) is 108 Å². The molecule has 0 aromatic rings. The van der Waals surface area contributed by atoms with Crippen LogP contribution in [0, 0.1) is 0 Å². The molecule has 0 heterocycles. The Balaban J connectivity index is 4.55. The van der Waals surface area contributed by atoms with E-state index in [0.29, 0.717) is 17.4 Å². The molecule has 0 aliphatic rings.